The number of aliphatic imine (C=N–C) groups is 1. The van der Waals surface area contributed by atoms with Crippen molar-refractivity contribution in [1.29, 1.82) is 0 Å². The molecule has 0 saturated heterocycles. The number of nitrogens with zero attached hydrogens (tertiary/aromatic N) is 1. The summed E-state index contributed by atoms with van der Waals surface area (Å²) in [7, 11) is 1.67. The predicted octanol–water partition coefficient (Wildman–Crippen LogP) is 3.33. The molecule has 150 valence electrons. The fraction of sp³-hybridized carbons (Fsp3) is 0.611. The Bertz CT molecular complexity index is 489. The van der Waals surface area contributed by atoms with Gasteiger partial charge in [-0.1, -0.05) is 11.6 Å². The molecule has 0 saturated carbocycles. The molecule has 0 heterocycles. The number of hydrogen-bond acceptors (Lipinski definition) is 4. The Morgan fingerprint density at radius 1 is 1.15 bits per heavy atom. The van der Waals surface area contributed by atoms with E-state index in [9.17, 15) is 0 Å². The van der Waals surface area contributed by atoms with Crippen LogP contribution in [0, 0.1) is 0 Å². The fourth-order valence-corrected chi connectivity index (χ4v) is 2.10. The van der Waals surface area contributed by atoms with Crippen LogP contribution in [0.4, 0.5) is 0 Å². The van der Waals surface area contributed by atoms with Crippen LogP contribution in [-0.2, 0) is 9.47 Å². The maximum absolute atomic E-state index is 5.87. The summed E-state index contributed by atoms with van der Waals surface area (Å²) < 4.78 is 16.2. The van der Waals surface area contributed by atoms with Crippen LogP contribution in [0.3, 0.4) is 0 Å². The average molecular weight is 500 g/mol. The molecule has 6 nitrogen and oxygen atoms in total. The van der Waals surface area contributed by atoms with E-state index in [1.54, 1.807) is 7.11 Å². The minimum Gasteiger partial charge on any atom is -0.489 e. The zero-order valence-electron chi connectivity index (χ0n) is 15.8. The summed E-state index contributed by atoms with van der Waals surface area (Å²) in [5, 5.41) is 7.22. The molecule has 26 heavy (non-hydrogen) atoms. The summed E-state index contributed by atoms with van der Waals surface area (Å²) >= 11 is 5.87. The van der Waals surface area contributed by atoms with Crippen LogP contribution in [0.2, 0.25) is 5.02 Å². The number of guanidine groups is 1. The van der Waals surface area contributed by atoms with Gasteiger partial charge in [-0.3, -0.25) is 0 Å². The summed E-state index contributed by atoms with van der Waals surface area (Å²) in [6, 6.07) is 7.34. The average Bonchev–Trinajstić information content (AvgIpc) is 2.60. The van der Waals surface area contributed by atoms with Gasteiger partial charge in [-0.25, -0.2) is 4.99 Å². The Morgan fingerprint density at radius 2 is 1.88 bits per heavy atom. The van der Waals surface area contributed by atoms with E-state index in [0.717, 1.165) is 31.2 Å². The lowest BCUT2D eigenvalue weighted by Gasteiger charge is -2.15. The lowest BCUT2D eigenvalue weighted by Crippen LogP contribution is -2.38. The van der Waals surface area contributed by atoms with E-state index in [0.29, 0.717) is 31.4 Å². The molecule has 0 spiro atoms. The van der Waals surface area contributed by atoms with Gasteiger partial charge in [0, 0.05) is 31.8 Å². The van der Waals surface area contributed by atoms with E-state index in [-0.39, 0.29) is 30.1 Å². The van der Waals surface area contributed by atoms with Gasteiger partial charge in [0.05, 0.1) is 19.8 Å². The summed E-state index contributed by atoms with van der Waals surface area (Å²) in [5.74, 6) is 1.57. The van der Waals surface area contributed by atoms with Gasteiger partial charge in [0.25, 0.3) is 0 Å². The van der Waals surface area contributed by atoms with Gasteiger partial charge in [0.1, 0.15) is 11.9 Å². The SMILES string of the molecule is CCNC(=NCC(C)Oc1ccc(Cl)cc1)NCCCOCCOC.I. The van der Waals surface area contributed by atoms with Gasteiger partial charge >= 0.3 is 0 Å². The molecule has 1 rings (SSSR count). The number of benzene rings is 1. The maximum atomic E-state index is 5.87. The second-order valence-electron chi connectivity index (χ2n) is 5.49. The predicted molar refractivity (Wildman–Crippen MR) is 118 cm³/mol. The van der Waals surface area contributed by atoms with Crippen molar-refractivity contribution in [2.45, 2.75) is 26.4 Å². The third kappa shape index (κ3) is 12.6. The zero-order chi connectivity index (χ0) is 18.3. The molecular weight excluding hydrogens is 469 g/mol. The van der Waals surface area contributed by atoms with Gasteiger partial charge in [0.15, 0.2) is 5.96 Å². The highest BCUT2D eigenvalue weighted by Gasteiger charge is 2.04. The van der Waals surface area contributed by atoms with Crippen molar-refractivity contribution < 1.29 is 14.2 Å². The molecule has 1 atom stereocenters. The fourth-order valence-electron chi connectivity index (χ4n) is 1.97. The lowest BCUT2D eigenvalue weighted by molar-refractivity contribution is 0.0698. The summed E-state index contributed by atoms with van der Waals surface area (Å²) in [6.07, 6.45) is 0.874. The van der Waals surface area contributed by atoms with Crippen LogP contribution in [-0.4, -0.2) is 58.6 Å². The van der Waals surface area contributed by atoms with Crippen molar-refractivity contribution in [3.05, 3.63) is 29.3 Å². The second kappa shape index (κ2) is 16.4. The van der Waals surface area contributed by atoms with E-state index in [2.05, 4.69) is 15.6 Å². The quantitative estimate of drug-likeness (QED) is 0.200. The Kier molecular flexibility index (Phi) is 15.9. The van der Waals surface area contributed by atoms with E-state index in [4.69, 9.17) is 25.8 Å². The third-order valence-electron chi connectivity index (χ3n) is 3.19. The molecule has 0 aliphatic heterocycles. The highest BCUT2D eigenvalue weighted by Crippen LogP contribution is 2.16. The Balaban J connectivity index is 0.00000625. The summed E-state index contributed by atoms with van der Waals surface area (Å²) in [5.41, 5.74) is 0. The van der Waals surface area contributed by atoms with E-state index >= 15 is 0 Å². The van der Waals surface area contributed by atoms with Gasteiger partial charge < -0.3 is 24.8 Å². The van der Waals surface area contributed by atoms with Crippen molar-refractivity contribution in [2.24, 2.45) is 4.99 Å². The Labute approximate surface area is 179 Å². The van der Waals surface area contributed by atoms with Gasteiger partial charge in [-0.15, -0.1) is 24.0 Å². The van der Waals surface area contributed by atoms with Crippen molar-refractivity contribution in [3.8, 4) is 5.75 Å². The standard InChI is InChI=1S/C18H30ClN3O3.HI/c1-4-20-18(21-10-5-11-24-13-12-23-3)22-14-15(2)25-17-8-6-16(19)7-9-17;/h6-9,15H,4-5,10-14H2,1-3H3,(H2,20,21,22);1H. The summed E-state index contributed by atoms with van der Waals surface area (Å²) in [4.78, 5) is 4.56. The monoisotopic (exact) mass is 499 g/mol. The molecule has 2 N–H and O–H groups in total. The minimum absolute atomic E-state index is 0. The molecule has 0 aromatic heterocycles. The number of halogens is 2. The molecule has 0 aliphatic carbocycles. The van der Waals surface area contributed by atoms with Gasteiger partial charge in [-0.2, -0.15) is 0 Å². The topological polar surface area (TPSA) is 64.1 Å². The van der Waals surface area contributed by atoms with Crippen molar-refractivity contribution in [2.75, 3.05) is 46.6 Å². The zero-order valence-corrected chi connectivity index (χ0v) is 18.9. The first-order valence-corrected chi connectivity index (χ1v) is 9.04. The normalized spacial score (nSPS) is 12.2. The minimum atomic E-state index is -0.0333. The first kappa shape index (κ1) is 25.2. The van der Waals surface area contributed by atoms with Crippen LogP contribution in [0.25, 0.3) is 0 Å². The van der Waals surface area contributed by atoms with Crippen molar-refractivity contribution in [1.82, 2.24) is 10.6 Å². The van der Waals surface area contributed by atoms with Gasteiger partial charge in [-0.05, 0) is 44.5 Å². The van der Waals surface area contributed by atoms with Crippen LogP contribution in [0.1, 0.15) is 20.3 Å². The molecule has 0 amide bonds. The van der Waals surface area contributed by atoms with E-state index in [1.165, 1.54) is 0 Å². The first-order chi connectivity index (χ1) is 12.2. The number of nitrogens with one attached hydrogen (secondary N) is 2. The molecule has 0 radical (unpaired) electrons. The van der Waals surface area contributed by atoms with Crippen LogP contribution >= 0.6 is 35.6 Å². The van der Waals surface area contributed by atoms with Crippen molar-refractivity contribution >= 4 is 41.5 Å². The number of hydrogen-bond donors (Lipinski definition) is 2. The maximum Gasteiger partial charge on any atom is 0.191 e. The smallest absolute Gasteiger partial charge is 0.191 e. The van der Waals surface area contributed by atoms with Crippen molar-refractivity contribution in [3.63, 3.8) is 0 Å². The molecular formula is C18H31ClIN3O3. The first-order valence-electron chi connectivity index (χ1n) is 8.66. The molecule has 1 unspecified atom stereocenters. The number of ether oxygens (including phenoxy) is 3. The highest BCUT2D eigenvalue weighted by atomic mass is 127. The molecule has 1 aromatic carbocycles. The van der Waals surface area contributed by atoms with Gasteiger partial charge in [0.2, 0.25) is 0 Å². The van der Waals surface area contributed by atoms with E-state index < -0.39 is 0 Å². The van der Waals surface area contributed by atoms with Crippen LogP contribution in [0.15, 0.2) is 29.3 Å². The number of methoxy groups -OCH3 is 1. The summed E-state index contributed by atoms with van der Waals surface area (Å²) in [6.45, 7) is 8.15. The van der Waals surface area contributed by atoms with Crippen LogP contribution in [0.5, 0.6) is 5.75 Å². The number of rotatable bonds is 12. The molecule has 1 aromatic rings. The largest absolute Gasteiger partial charge is 0.489 e. The molecule has 0 aliphatic rings. The molecule has 0 fully saturated rings. The molecule has 8 heteroatoms. The highest BCUT2D eigenvalue weighted by molar-refractivity contribution is 14.0. The lowest BCUT2D eigenvalue weighted by atomic mass is 10.3. The second-order valence-corrected chi connectivity index (χ2v) is 5.92. The van der Waals surface area contributed by atoms with Crippen LogP contribution < -0.4 is 15.4 Å². The Morgan fingerprint density at radius 3 is 2.54 bits per heavy atom. The molecule has 0 bridgehead atoms. The van der Waals surface area contributed by atoms with E-state index in [1.807, 2.05) is 38.1 Å². The third-order valence-corrected chi connectivity index (χ3v) is 3.44. The Hall–Kier alpha value is -0.770.